The zero-order valence-corrected chi connectivity index (χ0v) is 9.02. The maximum Gasteiger partial charge on any atom is 0.328 e. The molecule has 4 nitrogen and oxygen atoms in total. The third-order valence-corrected chi connectivity index (χ3v) is 1.99. The molecule has 0 amide bonds. The number of rotatable bonds is 3. The number of nitriles is 1. The second-order valence-electron chi connectivity index (χ2n) is 3.22. The quantitative estimate of drug-likeness (QED) is 0.786. The molecule has 16 heavy (non-hydrogen) atoms. The summed E-state index contributed by atoms with van der Waals surface area (Å²) < 4.78 is 5.09. The SMILES string of the molecule is COc1c(C#N)cc(C)cc1/C=C/C(=O)O. The lowest BCUT2D eigenvalue weighted by atomic mass is 10.0. The molecular weight excluding hydrogens is 206 g/mol. The molecule has 4 heteroatoms. The molecule has 1 aromatic carbocycles. The van der Waals surface area contributed by atoms with E-state index in [2.05, 4.69) is 0 Å². The van der Waals surface area contributed by atoms with Gasteiger partial charge in [-0.1, -0.05) is 0 Å². The fourth-order valence-electron chi connectivity index (χ4n) is 1.40. The zero-order chi connectivity index (χ0) is 12.1. The van der Waals surface area contributed by atoms with Gasteiger partial charge in [0.2, 0.25) is 0 Å². The monoisotopic (exact) mass is 217 g/mol. The van der Waals surface area contributed by atoms with Crippen LogP contribution in [0.4, 0.5) is 0 Å². The summed E-state index contributed by atoms with van der Waals surface area (Å²) in [6.07, 6.45) is 2.42. The third kappa shape index (κ3) is 2.61. The van der Waals surface area contributed by atoms with E-state index in [1.807, 2.05) is 13.0 Å². The number of nitrogens with zero attached hydrogens (tertiary/aromatic N) is 1. The maximum absolute atomic E-state index is 10.4. The van der Waals surface area contributed by atoms with Gasteiger partial charge in [-0.3, -0.25) is 0 Å². The highest BCUT2D eigenvalue weighted by Crippen LogP contribution is 2.26. The summed E-state index contributed by atoms with van der Waals surface area (Å²) in [6, 6.07) is 5.46. The van der Waals surface area contributed by atoms with Crippen LogP contribution in [0, 0.1) is 18.3 Å². The fourth-order valence-corrected chi connectivity index (χ4v) is 1.40. The van der Waals surface area contributed by atoms with E-state index in [0.29, 0.717) is 16.9 Å². The predicted octanol–water partition coefficient (Wildman–Crippen LogP) is 1.97. The average Bonchev–Trinajstić information content (AvgIpc) is 2.25. The summed E-state index contributed by atoms with van der Waals surface area (Å²) in [5, 5.41) is 17.4. The molecule has 0 radical (unpaired) electrons. The normalized spacial score (nSPS) is 10.1. The van der Waals surface area contributed by atoms with Crippen LogP contribution in [0.15, 0.2) is 18.2 Å². The van der Waals surface area contributed by atoms with E-state index in [9.17, 15) is 4.79 Å². The molecule has 0 fully saturated rings. The van der Waals surface area contributed by atoms with Crippen LogP contribution in [0.25, 0.3) is 6.08 Å². The van der Waals surface area contributed by atoms with Gasteiger partial charge in [0, 0.05) is 11.6 Å². The van der Waals surface area contributed by atoms with Crippen molar-refractivity contribution in [2.24, 2.45) is 0 Å². The Morgan fingerprint density at radius 2 is 2.25 bits per heavy atom. The summed E-state index contributed by atoms with van der Waals surface area (Å²) in [4.78, 5) is 10.4. The molecule has 0 aliphatic carbocycles. The Morgan fingerprint density at radius 1 is 1.56 bits per heavy atom. The van der Waals surface area contributed by atoms with Crippen molar-refractivity contribution in [3.63, 3.8) is 0 Å². The van der Waals surface area contributed by atoms with Gasteiger partial charge in [0.15, 0.2) is 0 Å². The van der Waals surface area contributed by atoms with Crippen LogP contribution in [0.3, 0.4) is 0 Å². The largest absolute Gasteiger partial charge is 0.495 e. The van der Waals surface area contributed by atoms with Crippen LogP contribution in [0.5, 0.6) is 5.75 Å². The lowest BCUT2D eigenvalue weighted by Crippen LogP contribution is -1.94. The third-order valence-electron chi connectivity index (χ3n) is 1.99. The lowest BCUT2D eigenvalue weighted by Gasteiger charge is -2.07. The number of aliphatic carboxylic acids is 1. The summed E-state index contributed by atoms with van der Waals surface area (Å²) in [5.74, 6) is -0.646. The Morgan fingerprint density at radius 3 is 2.75 bits per heavy atom. The van der Waals surface area contributed by atoms with Gasteiger partial charge >= 0.3 is 5.97 Å². The number of hydrogen-bond acceptors (Lipinski definition) is 3. The molecule has 0 atom stereocenters. The van der Waals surface area contributed by atoms with Gasteiger partial charge in [-0.05, 0) is 30.7 Å². The van der Waals surface area contributed by atoms with Crippen molar-refractivity contribution >= 4 is 12.0 Å². The first-order valence-electron chi connectivity index (χ1n) is 4.58. The van der Waals surface area contributed by atoms with E-state index in [0.717, 1.165) is 11.6 Å². The number of aryl methyl sites for hydroxylation is 1. The topological polar surface area (TPSA) is 70.3 Å². The molecule has 1 aromatic rings. The number of carboxylic acid groups (broad SMARTS) is 1. The van der Waals surface area contributed by atoms with Crippen molar-refractivity contribution in [3.05, 3.63) is 34.9 Å². The van der Waals surface area contributed by atoms with Crippen molar-refractivity contribution < 1.29 is 14.6 Å². The first-order chi connectivity index (χ1) is 7.58. The number of hydrogen-bond donors (Lipinski definition) is 1. The highest BCUT2D eigenvalue weighted by molar-refractivity contribution is 5.86. The summed E-state index contributed by atoms with van der Waals surface area (Å²) in [5.41, 5.74) is 1.86. The minimum absolute atomic E-state index is 0.394. The highest BCUT2D eigenvalue weighted by atomic mass is 16.5. The van der Waals surface area contributed by atoms with Gasteiger partial charge in [0.05, 0.1) is 12.7 Å². The highest BCUT2D eigenvalue weighted by Gasteiger charge is 2.08. The van der Waals surface area contributed by atoms with Gasteiger partial charge in [0.1, 0.15) is 11.8 Å². The van der Waals surface area contributed by atoms with Crippen LogP contribution in [-0.4, -0.2) is 18.2 Å². The first-order valence-corrected chi connectivity index (χ1v) is 4.58. The standard InChI is InChI=1S/C12H11NO3/c1-8-5-9(3-4-11(14)15)12(16-2)10(6-8)7-13/h3-6H,1-2H3,(H,14,15)/b4-3+. The second kappa shape index (κ2) is 4.99. The van der Waals surface area contributed by atoms with Crippen LogP contribution in [-0.2, 0) is 4.79 Å². The molecule has 82 valence electrons. The van der Waals surface area contributed by atoms with E-state index < -0.39 is 5.97 Å². The van der Waals surface area contributed by atoms with Crippen LogP contribution < -0.4 is 4.74 Å². The zero-order valence-electron chi connectivity index (χ0n) is 9.02. The number of carbonyl (C=O) groups is 1. The molecular formula is C12H11NO3. The summed E-state index contributed by atoms with van der Waals surface area (Å²) in [6.45, 7) is 1.83. The molecule has 0 aliphatic rings. The number of carboxylic acids is 1. The van der Waals surface area contributed by atoms with Gasteiger partial charge in [-0.2, -0.15) is 5.26 Å². The van der Waals surface area contributed by atoms with Crippen molar-refractivity contribution in [3.8, 4) is 11.8 Å². The summed E-state index contributed by atoms with van der Waals surface area (Å²) in [7, 11) is 1.45. The molecule has 0 spiro atoms. The van der Waals surface area contributed by atoms with Crippen LogP contribution in [0.1, 0.15) is 16.7 Å². The van der Waals surface area contributed by atoms with Gasteiger partial charge in [-0.25, -0.2) is 4.79 Å². The maximum atomic E-state index is 10.4. The van der Waals surface area contributed by atoms with Gasteiger partial charge < -0.3 is 9.84 Å². The van der Waals surface area contributed by atoms with Crippen molar-refractivity contribution in [1.82, 2.24) is 0 Å². The Kier molecular flexibility index (Phi) is 3.67. The smallest absolute Gasteiger partial charge is 0.328 e. The average molecular weight is 217 g/mol. The number of ether oxygens (including phenoxy) is 1. The molecule has 0 heterocycles. The minimum atomic E-state index is -1.04. The molecule has 0 aromatic heterocycles. The van der Waals surface area contributed by atoms with Crippen molar-refractivity contribution in [2.75, 3.05) is 7.11 Å². The molecule has 0 unspecified atom stereocenters. The molecule has 0 saturated heterocycles. The molecule has 0 aliphatic heterocycles. The number of methoxy groups -OCH3 is 1. The Bertz CT molecular complexity index is 484. The first kappa shape index (κ1) is 11.8. The fraction of sp³-hybridized carbons (Fsp3) is 0.167. The lowest BCUT2D eigenvalue weighted by molar-refractivity contribution is -0.131. The van der Waals surface area contributed by atoms with Crippen LogP contribution >= 0.6 is 0 Å². The van der Waals surface area contributed by atoms with Crippen LogP contribution in [0.2, 0.25) is 0 Å². The van der Waals surface area contributed by atoms with Gasteiger partial charge in [-0.15, -0.1) is 0 Å². The van der Waals surface area contributed by atoms with Gasteiger partial charge in [0.25, 0.3) is 0 Å². The molecule has 1 rings (SSSR count). The van der Waals surface area contributed by atoms with E-state index in [-0.39, 0.29) is 0 Å². The second-order valence-corrected chi connectivity index (χ2v) is 3.22. The molecule has 1 N–H and O–H groups in total. The summed E-state index contributed by atoms with van der Waals surface area (Å²) >= 11 is 0. The molecule has 0 bridgehead atoms. The van der Waals surface area contributed by atoms with E-state index >= 15 is 0 Å². The number of benzene rings is 1. The minimum Gasteiger partial charge on any atom is -0.495 e. The van der Waals surface area contributed by atoms with E-state index in [1.54, 1.807) is 12.1 Å². The van der Waals surface area contributed by atoms with Crippen molar-refractivity contribution in [1.29, 1.82) is 5.26 Å². The van der Waals surface area contributed by atoms with E-state index in [1.165, 1.54) is 13.2 Å². The van der Waals surface area contributed by atoms with E-state index in [4.69, 9.17) is 15.1 Å². The Hall–Kier alpha value is -2.28. The Labute approximate surface area is 93.4 Å². The Balaban J connectivity index is 3.32. The predicted molar refractivity (Wildman–Crippen MR) is 59.1 cm³/mol. The molecule has 0 saturated carbocycles. The van der Waals surface area contributed by atoms with Crippen molar-refractivity contribution in [2.45, 2.75) is 6.92 Å².